The number of hydrogen-bond donors (Lipinski definition) is 1. The molecule has 0 aliphatic heterocycles. The Hall–Kier alpha value is -1.83. The van der Waals surface area contributed by atoms with Crippen molar-refractivity contribution in [2.45, 2.75) is 52.4 Å². The predicted octanol–water partition coefficient (Wildman–Crippen LogP) is 5.21. The molecule has 1 heterocycles. The fourth-order valence-corrected chi connectivity index (χ4v) is 2.59. The lowest BCUT2D eigenvalue weighted by atomic mass is 10.1. The first-order valence-corrected chi connectivity index (χ1v) is 8.02. The quantitative estimate of drug-likeness (QED) is 0.695. The second-order valence-electron chi connectivity index (χ2n) is 5.64. The number of pyridine rings is 1. The van der Waals surface area contributed by atoms with Gasteiger partial charge in [-0.1, -0.05) is 50.8 Å². The molecule has 2 rings (SSSR count). The first-order chi connectivity index (χ1) is 10.2. The maximum Gasteiger partial charge on any atom is 0.192 e. The van der Waals surface area contributed by atoms with Crippen molar-refractivity contribution in [2.24, 2.45) is 0 Å². The van der Waals surface area contributed by atoms with Crippen LogP contribution >= 0.6 is 0 Å². The predicted molar refractivity (Wildman–Crippen MR) is 91.7 cm³/mol. The molecule has 0 aliphatic rings. The molecule has 2 aromatic rings. The highest BCUT2D eigenvalue weighted by molar-refractivity contribution is 5.80. The molecule has 0 spiro atoms. The standard InChI is InChI=1S/C19H25NO/c1-3-4-5-6-7-8-9-13-17-15(2)19(21)16-12-10-11-14-18(16)20-17/h9-14H,3-8H2,1-2H3,(H,20,21). The minimum absolute atomic E-state index is 0.131. The Kier molecular flexibility index (Phi) is 5.79. The van der Waals surface area contributed by atoms with Crippen LogP contribution in [0.3, 0.4) is 0 Å². The summed E-state index contributed by atoms with van der Waals surface area (Å²) in [5.74, 6) is 0. The van der Waals surface area contributed by atoms with Crippen LogP contribution in [0.25, 0.3) is 17.0 Å². The van der Waals surface area contributed by atoms with Crippen LogP contribution in [0.1, 0.15) is 56.7 Å². The first-order valence-electron chi connectivity index (χ1n) is 8.02. The van der Waals surface area contributed by atoms with Gasteiger partial charge in [0, 0.05) is 22.2 Å². The molecule has 2 heteroatoms. The van der Waals surface area contributed by atoms with Gasteiger partial charge in [-0.25, -0.2) is 0 Å². The van der Waals surface area contributed by atoms with Crippen molar-refractivity contribution in [1.29, 1.82) is 0 Å². The van der Waals surface area contributed by atoms with Crippen LogP contribution in [0.4, 0.5) is 0 Å². The molecular weight excluding hydrogens is 258 g/mol. The lowest BCUT2D eigenvalue weighted by molar-refractivity contribution is 0.638. The Morgan fingerprint density at radius 2 is 1.86 bits per heavy atom. The third kappa shape index (κ3) is 4.07. The molecule has 0 aliphatic carbocycles. The molecular formula is C19H25NO. The zero-order valence-electron chi connectivity index (χ0n) is 13.1. The molecule has 0 bridgehead atoms. The second-order valence-corrected chi connectivity index (χ2v) is 5.64. The monoisotopic (exact) mass is 283 g/mol. The van der Waals surface area contributed by atoms with Crippen molar-refractivity contribution in [3.63, 3.8) is 0 Å². The summed E-state index contributed by atoms with van der Waals surface area (Å²) >= 11 is 0. The summed E-state index contributed by atoms with van der Waals surface area (Å²) in [7, 11) is 0. The van der Waals surface area contributed by atoms with E-state index in [1.165, 1.54) is 32.1 Å². The Balaban J connectivity index is 2.05. The minimum Gasteiger partial charge on any atom is -0.355 e. The van der Waals surface area contributed by atoms with Gasteiger partial charge in [0.1, 0.15) is 0 Å². The molecule has 0 unspecified atom stereocenters. The largest absolute Gasteiger partial charge is 0.355 e. The molecule has 1 aromatic heterocycles. The maximum absolute atomic E-state index is 12.3. The van der Waals surface area contributed by atoms with E-state index in [1.54, 1.807) is 0 Å². The van der Waals surface area contributed by atoms with E-state index in [1.807, 2.05) is 31.2 Å². The fourth-order valence-electron chi connectivity index (χ4n) is 2.59. The van der Waals surface area contributed by atoms with Crippen molar-refractivity contribution in [1.82, 2.24) is 4.98 Å². The summed E-state index contributed by atoms with van der Waals surface area (Å²) < 4.78 is 0. The summed E-state index contributed by atoms with van der Waals surface area (Å²) in [6.07, 6.45) is 11.8. The van der Waals surface area contributed by atoms with E-state index in [-0.39, 0.29) is 5.43 Å². The summed E-state index contributed by atoms with van der Waals surface area (Å²) in [6.45, 7) is 4.13. The minimum atomic E-state index is 0.131. The Bertz CT molecular complexity index is 667. The van der Waals surface area contributed by atoms with E-state index in [4.69, 9.17) is 0 Å². The highest BCUT2D eigenvalue weighted by Gasteiger charge is 2.05. The van der Waals surface area contributed by atoms with Crippen LogP contribution in [-0.4, -0.2) is 4.98 Å². The van der Waals surface area contributed by atoms with Crippen molar-refractivity contribution in [3.05, 3.63) is 51.8 Å². The van der Waals surface area contributed by atoms with Crippen LogP contribution in [0.5, 0.6) is 0 Å². The third-order valence-corrected chi connectivity index (χ3v) is 3.94. The van der Waals surface area contributed by atoms with E-state index in [2.05, 4.69) is 24.1 Å². The Labute approximate surface area is 126 Å². The number of benzene rings is 1. The van der Waals surface area contributed by atoms with Gasteiger partial charge < -0.3 is 4.98 Å². The third-order valence-electron chi connectivity index (χ3n) is 3.94. The first kappa shape index (κ1) is 15.6. The van der Waals surface area contributed by atoms with Crippen LogP contribution in [0.15, 0.2) is 35.1 Å². The molecule has 0 radical (unpaired) electrons. The maximum atomic E-state index is 12.3. The lowest BCUT2D eigenvalue weighted by Gasteiger charge is -2.04. The number of rotatable bonds is 7. The van der Waals surface area contributed by atoms with Crippen molar-refractivity contribution in [2.75, 3.05) is 0 Å². The zero-order chi connectivity index (χ0) is 15.1. The molecule has 1 aromatic carbocycles. The SMILES string of the molecule is CCCCCCCC=Cc1[nH]c2ccccc2c(=O)c1C. The smallest absolute Gasteiger partial charge is 0.192 e. The van der Waals surface area contributed by atoms with E-state index < -0.39 is 0 Å². The van der Waals surface area contributed by atoms with Crippen LogP contribution in [-0.2, 0) is 0 Å². The lowest BCUT2D eigenvalue weighted by Crippen LogP contribution is -2.09. The van der Waals surface area contributed by atoms with Crippen LogP contribution in [0.2, 0.25) is 0 Å². The number of unbranched alkanes of at least 4 members (excludes halogenated alkanes) is 5. The number of allylic oxidation sites excluding steroid dienone is 1. The summed E-state index contributed by atoms with van der Waals surface area (Å²) in [5, 5.41) is 0.770. The summed E-state index contributed by atoms with van der Waals surface area (Å²) in [4.78, 5) is 15.7. The van der Waals surface area contributed by atoms with Gasteiger partial charge in [0.2, 0.25) is 0 Å². The van der Waals surface area contributed by atoms with E-state index in [0.717, 1.165) is 28.6 Å². The molecule has 21 heavy (non-hydrogen) atoms. The summed E-state index contributed by atoms with van der Waals surface area (Å²) in [5.41, 5.74) is 2.78. The highest BCUT2D eigenvalue weighted by Crippen LogP contribution is 2.13. The van der Waals surface area contributed by atoms with Gasteiger partial charge in [-0.3, -0.25) is 4.79 Å². The van der Waals surface area contributed by atoms with Gasteiger partial charge in [-0.05, 0) is 38.0 Å². The van der Waals surface area contributed by atoms with Gasteiger partial charge >= 0.3 is 0 Å². The van der Waals surface area contributed by atoms with Crippen molar-refractivity contribution >= 4 is 17.0 Å². The summed E-state index contributed by atoms with van der Waals surface area (Å²) in [6, 6.07) is 7.69. The van der Waals surface area contributed by atoms with Gasteiger partial charge in [-0.15, -0.1) is 0 Å². The number of para-hydroxylation sites is 1. The number of aromatic nitrogens is 1. The zero-order valence-corrected chi connectivity index (χ0v) is 13.1. The number of H-pyrrole nitrogens is 1. The molecule has 1 N–H and O–H groups in total. The number of hydrogen-bond acceptors (Lipinski definition) is 1. The molecule has 0 amide bonds. The molecule has 0 saturated heterocycles. The number of aromatic amines is 1. The van der Waals surface area contributed by atoms with Crippen molar-refractivity contribution in [3.8, 4) is 0 Å². The molecule has 2 nitrogen and oxygen atoms in total. The average Bonchev–Trinajstić information content (AvgIpc) is 2.51. The highest BCUT2D eigenvalue weighted by atomic mass is 16.1. The van der Waals surface area contributed by atoms with E-state index in [0.29, 0.717) is 0 Å². The fraction of sp³-hybridized carbons (Fsp3) is 0.421. The van der Waals surface area contributed by atoms with Gasteiger partial charge in [0.15, 0.2) is 5.43 Å². The number of nitrogens with one attached hydrogen (secondary N) is 1. The topological polar surface area (TPSA) is 32.9 Å². The van der Waals surface area contributed by atoms with Gasteiger partial charge in [0.05, 0.1) is 0 Å². The van der Waals surface area contributed by atoms with E-state index >= 15 is 0 Å². The van der Waals surface area contributed by atoms with Crippen LogP contribution < -0.4 is 5.43 Å². The van der Waals surface area contributed by atoms with Gasteiger partial charge in [-0.2, -0.15) is 0 Å². The molecule has 0 fully saturated rings. The molecule has 0 saturated carbocycles. The normalized spacial score (nSPS) is 11.5. The molecule has 112 valence electrons. The Morgan fingerprint density at radius 1 is 1.10 bits per heavy atom. The number of fused-ring (bicyclic) bond motifs is 1. The molecule has 0 atom stereocenters. The van der Waals surface area contributed by atoms with Crippen LogP contribution in [0, 0.1) is 6.92 Å². The Morgan fingerprint density at radius 3 is 2.67 bits per heavy atom. The van der Waals surface area contributed by atoms with E-state index in [9.17, 15) is 4.79 Å². The second kappa shape index (κ2) is 7.82. The van der Waals surface area contributed by atoms with Crippen molar-refractivity contribution < 1.29 is 0 Å². The average molecular weight is 283 g/mol. The van der Waals surface area contributed by atoms with Gasteiger partial charge in [0.25, 0.3) is 0 Å².